The molecule has 1 aliphatic rings. The normalized spacial score (nSPS) is 15.2. The van der Waals surface area contributed by atoms with Gasteiger partial charge in [0.15, 0.2) is 0 Å². The minimum absolute atomic E-state index is 0.00360. The van der Waals surface area contributed by atoms with E-state index in [1.807, 2.05) is 0 Å². The Labute approximate surface area is 238 Å². The summed E-state index contributed by atoms with van der Waals surface area (Å²) < 4.78 is 94.6. The minimum Gasteiger partial charge on any atom is -0.379 e. The van der Waals surface area contributed by atoms with Crippen molar-refractivity contribution < 1.29 is 35.5 Å². The van der Waals surface area contributed by atoms with Gasteiger partial charge in [-0.25, -0.2) is 19.5 Å². The van der Waals surface area contributed by atoms with Crippen molar-refractivity contribution in [3.05, 3.63) is 75.8 Å². The van der Waals surface area contributed by atoms with E-state index in [0.717, 1.165) is 6.20 Å². The van der Waals surface area contributed by atoms with Crippen molar-refractivity contribution in [2.24, 2.45) is 0 Å². The summed E-state index contributed by atoms with van der Waals surface area (Å²) in [5.41, 5.74) is -3.79. The molecule has 0 spiro atoms. The van der Waals surface area contributed by atoms with Crippen molar-refractivity contribution in [3.63, 3.8) is 0 Å². The number of hydrogen-bond acceptors (Lipinski definition) is 7. The lowest BCUT2D eigenvalue weighted by Crippen LogP contribution is -2.49. The lowest BCUT2D eigenvalue weighted by molar-refractivity contribution is -0.139. The maximum Gasteiger partial charge on any atom is 0.423 e. The molecule has 5 rings (SSSR count). The maximum absolute atomic E-state index is 14.2. The molecule has 1 amide bonds. The highest BCUT2D eigenvalue weighted by Crippen LogP contribution is 2.32. The third-order valence-corrected chi connectivity index (χ3v) is 6.90. The van der Waals surface area contributed by atoms with Crippen LogP contribution in [0.5, 0.6) is 0 Å². The molecule has 1 unspecified atom stereocenters. The van der Waals surface area contributed by atoms with Crippen LogP contribution >= 0.6 is 0 Å². The molecule has 1 aliphatic heterocycles. The second-order valence-corrected chi connectivity index (χ2v) is 9.94. The number of alkyl halides is 6. The standard InChI is InChI=1S/C26H23F7N8O2/c1-14(37-19-11-36-38-22(42)21(19)26(31,32)33)12-41-13-18(17-3-2-16(27)8-20(17)41)23(43)39-4-6-40(7-5-39)24-34-9-15(10-35-24)25(28,29)30/h2-3,8-11,13-14H,4-7,12H2,1H3,(H2,37,38,42). The van der Waals surface area contributed by atoms with Crippen molar-refractivity contribution in [2.75, 3.05) is 36.4 Å². The molecule has 0 aliphatic carbocycles. The predicted molar refractivity (Wildman–Crippen MR) is 140 cm³/mol. The molecule has 228 valence electrons. The maximum atomic E-state index is 14.2. The van der Waals surface area contributed by atoms with Crippen LogP contribution in [-0.4, -0.2) is 67.8 Å². The Morgan fingerprint density at radius 2 is 1.70 bits per heavy atom. The van der Waals surface area contributed by atoms with Gasteiger partial charge in [-0.3, -0.25) is 9.59 Å². The van der Waals surface area contributed by atoms with Crippen molar-refractivity contribution in [1.29, 1.82) is 0 Å². The number of H-pyrrole nitrogens is 1. The lowest BCUT2D eigenvalue weighted by atomic mass is 10.1. The van der Waals surface area contributed by atoms with Gasteiger partial charge in [0.05, 0.1) is 28.5 Å². The van der Waals surface area contributed by atoms with Gasteiger partial charge in [0.1, 0.15) is 11.4 Å². The number of carbonyl (C=O) groups excluding carboxylic acids is 1. The summed E-state index contributed by atoms with van der Waals surface area (Å²) in [5.74, 6) is -0.880. The van der Waals surface area contributed by atoms with Gasteiger partial charge in [0.2, 0.25) is 5.95 Å². The van der Waals surface area contributed by atoms with E-state index in [0.29, 0.717) is 23.3 Å². The number of aromatic amines is 1. The number of fused-ring (bicyclic) bond motifs is 1. The van der Waals surface area contributed by atoms with Gasteiger partial charge < -0.3 is 19.7 Å². The molecule has 0 radical (unpaired) electrons. The van der Waals surface area contributed by atoms with E-state index < -0.39 is 46.6 Å². The van der Waals surface area contributed by atoms with Gasteiger partial charge in [-0.2, -0.15) is 31.4 Å². The number of rotatable bonds is 6. The van der Waals surface area contributed by atoms with Gasteiger partial charge in [0.25, 0.3) is 11.5 Å². The van der Waals surface area contributed by atoms with Crippen molar-refractivity contribution >= 4 is 28.4 Å². The highest BCUT2D eigenvalue weighted by Gasteiger charge is 2.38. The molecule has 1 atom stereocenters. The first-order chi connectivity index (χ1) is 20.2. The fourth-order valence-corrected chi connectivity index (χ4v) is 4.89. The topological polar surface area (TPSA) is 112 Å². The fraction of sp³-hybridized carbons (Fsp3) is 0.346. The van der Waals surface area contributed by atoms with Gasteiger partial charge in [0, 0.05) is 62.7 Å². The van der Waals surface area contributed by atoms with Crippen LogP contribution in [-0.2, 0) is 18.9 Å². The smallest absolute Gasteiger partial charge is 0.379 e. The molecule has 4 heterocycles. The zero-order valence-electron chi connectivity index (χ0n) is 22.3. The van der Waals surface area contributed by atoms with E-state index >= 15 is 0 Å². The number of carbonyl (C=O) groups is 1. The Morgan fingerprint density at radius 3 is 2.33 bits per heavy atom. The Hall–Kier alpha value is -4.70. The molecule has 43 heavy (non-hydrogen) atoms. The van der Waals surface area contributed by atoms with E-state index in [1.165, 1.54) is 33.9 Å². The average Bonchev–Trinajstić information content (AvgIpc) is 3.28. The van der Waals surface area contributed by atoms with Gasteiger partial charge in [-0.15, -0.1) is 0 Å². The predicted octanol–water partition coefficient (Wildman–Crippen LogP) is 4.15. The number of aromatic nitrogens is 5. The largest absolute Gasteiger partial charge is 0.423 e. The van der Waals surface area contributed by atoms with E-state index in [1.54, 1.807) is 16.9 Å². The van der Waals surface area contributed by atoms with Crippen LogP contribution in [0, 0.1) is 5.82 Å². The number of nitrogens with zero attached hydrogens (tertiary/aromatic N) is 6. The van der Waals surface area contributed by atoms with Crippen LogP contribution in [0.15, 0.2) is 47.8 Å². The number of nitrogens with one attached hydrogen (secondary N) is 2. The molecular weight excluding hydrogens is 589 g/mol. The summed E-state index contributed by atoms with van der Waals surface area (Å²) in [5, 5.41) is 8.24. The first-order valence-corrected chi connectivity index (χ1v) is 12.9. The number of piperazine rings is 1. The summed E-state index contributed by atoms with van der Waals surface area (Å²) in [6.45, 7) is 2.44. The van der Waals surface area contributed by atoms with Crippen molar-refractivity contribution in [2.45, 2.75) is 31.9 Å². The average molecular weight is 613 g/mol. The molecule has 1 fully saturated rings. The van der Waals surface area contributed by atoms with Crippen LogP contribution in [0.25, 0.3) is 10.9 Å². The fourth-order valence-electron chi connectivity index (χ4n) is 4.89. The molecule has 4 aromatic rings. The molecule has 2 N–H and O–H groups in total. The van der Waals surface area contributed by atoms with Crippen LogP contribution in [0.2, 0.25) is 0 Å². The highest BCUT2D eigenvalue weighted by atomic mass is 19.4. The number of halogens is 7. The first kappa shape index (κ1) is 29.8. The summed E-state index contributed by atoms with van der Waals surface area (Å²) >= 11 is 0. The molecule has 3 aromatic heterocycles. The third-order valence-electron chi connectivity index (χ3n) is 6.90. The number of amides is 1. The van der Waals surface area contributed by atoms with E-state index in [9.17, 15) is 40.3 Å². The van der Waals surface area contributed by atoms with Crippen molar-refractivity contribution in [3.8, 4) is 0 Å². The Kier molecular flexibility index (Phi) is 7.74. The quantitative estimate of drug-likeness (QED) is 0.315. The van der Waals surface area contributed by atoms with E-state index in [-0.39, 0.29) is 50.1 Å². The first-order valence-electron chi connectivity index (χ1n) is 12.9. The zero-order chi connectivity index (χ0) is 31.1. The second-order valence-electron chi connectivity index (χ2n) is 9.94. The van der Waals surface area contributed by atoms with Crippen LogP contribution in [0.4, 0.5) is 42.4 Å². The van der Waals surface area contributed by atoms with Gasteiger partial charge in [-0.05, 0) is 25.1 Å². The van der Waals surface area contributed by atoms with Crippen LogP contribution in [0.1, 0.15) is 28.4 Å². The summed E-state index contributed by atoms with van der Waals surface area (Å²) in [6, 6.07) is 3.09. The lowest BCUT2D eigenvalue weighted by Gasteiger charge is -2.34. The second kappa shape index (κ2) is 11.2. The monoisotopic (exact) mass is 612 g/mol. The molecule has 17 heteroatoms. The Morgan fingerprint density at radius 1 is 1.02 bits per heavy atom. The number of hydrogen-bond donors (Lipinski definition) is 2. The zero-order valence-corrected chi connectivity index (χ0v) is 22.3. The summed E-state index contributed by atoms with van der Waals surface area (Å²) in [4.78, 5) is 36.1. The molecule has 0 saturated carbocycles. The molecule has 1 aromatic carbocycles. The van der Waals surface area contributed by atoms with E-state index in [4.69, 9.17) is 0 Å². The van der Waals surface area contributed by atoms with Crippen molar-refractivity contribution in [1.82, 2.24) is 29.6 Å². The molecule has 1 saturated heterocycles. The van der Waals surface area contributed by atoms with Crippen LogP contribution in [0.3, 0.4) is 0 Å². The third kappa shape index (κ3) is 6.24. The van der Waals surface area contributed by atoms with Gasteiger partial charge in [-0.1, -0.05) is 0 Å². The minimum atomic E-state index is -4.94. The Balaban J connectivity index is 1.33. The summed E-state index contributed by atoms with van der Waals surface area (Å²) in [6.07, 6.45) is -5.79. The SMILES string of the molecule is CC(Cn1cc(C(=O)N2CCN(c3ncc(C(F)(F)F)cn3)CC2)c2ccc(F)cc21)Nc1cn[nH]c(=O)c1C(F)(F)F. The highest BCUT2D eigenvalue weighted by molar-refractivity contribution is 6.07. The molecule has 10 nitrogen and oxygen atoms in total. The van der Waals surface area contributed by atoms with E-state index in [2.05, 4.69) is 20.4 Å². The Bertz CT molecular complexity index is 1690. The molecular formula is C26H23F7N8O2. The number of anilines is 2. The van der Waals surface area contributed by atoms with Gasteiger partial charge >= 0.3 is 12.4 Å². The number of benzene rings is 1. The van der Waals surface area contributed by atoms with Crippen LogP contribution < -0.4 is 15.8 Å². The molecule has 0 bridgehead atoms. The summed E-state index contributed by atoms with van der Waals surface area (Å²) in [7, 11) is 0.